The SMILES string of the molecule is CCC(CC#N)NCc1ncon1. The number of nitrogens with one attached hydrogen (secondary N) is 1. The van der Waals surface area contributed by atoms with E-state index in [0.29, 0.717) is 18.8 Å². The van der Waals surface area contributed by atoms with Crippen molar-refractivity contribution in [3.05, 3.63) is 12.2 Å². The van der Waals surface area contributed by atoms with Gasteiger partial charge in [0.15, 0.2) is 5.82 Å². The molecule has 0 aliphatic heterocycles. The molecule has 0 amide bonds. The first-order valence-electron chi connectivity index (χ1n) is 4.22. The highest BCUT2D eigenvalue weighted by Crippen LogP contribution is 1.97. The molecule has 5 heteroatoms. The monoisotopic (exact) mass is 180 g/mol. The van der Waals surface area contributed by atoms with Crippen molar-refractivity contribution in [3.8, 4) is 6.07 Å². The standard InChI is InChI=1S/C8H12N4O/c1-2-7(3-4-9)10-5-8-11-6-13-12-8/h6-7,10H,2-3,5H2,1H3. The summed E-state index contributed by atoms with van der Waals surface area (Å²) in [4.78, 5) is 3.86. The molecule has 0 spiro atoms. The van der Waals surface area contributed by atoms with Crippen molar-refractivity contribution in [3.63, 3.8) is 0 Å². The third-order valence-electron chi connectivity index (χ3n) is 1.79. The lowest BCUT2D eigenvalue weighted by Gasteiger charge is -2.10. The molecule has 1 unspecified atom stereocenters. The molecule has 0 radical (unpaired) electrons. The lowest BCUT2D eigenvalue weighted by Crippen LogP contribution is -2.27. The second kappa shape index (κ2) is 5.27. The average Bonchev–Trinajstić information content (AvgIpc) is 2.64. The fourth-order valence-electron chi connectivity index (χ4n) is 0.977. The number of aromatic nitrogens is 2. The Bertz CT molecular complexity index is 264. The predicted molar refractivity (Wildman–Crippen MR) is 45.4 cm³/mol. The molecule has 0 aliphatic rings. The summed E-state index contributed by atoms with van der Waals surface area (Å²) < 4.78 is 4.57. The minimum absolute atomic E-state index is 0.212. The maximum atomic E-state index is 8.49. The van der Waals surface area contributed by atoms with Gasteiger partial charge in [0.25, 0.3) is 0 Å². The number of rotatable bonds is 5. The largest absolute Gasteiger partial charge is 0.343 e. The maximum Gasteiger partial charge on any atom is 0.213 e. The molecule has 0 fully saturated rings. The zero-order valence-electron chi connectivity index (χ0n) is 7.53. The number of hydrogen-bond donors (Lipinski definition) is 1. The Labute approximate surface area is 76.7 Å². The van der Waals surface area contributed by atoms with E-state index in [0.717, 1.165) is 6.42 Å². The van der Waals surface area contributed by atoms with E-state index in [-0.39, 0.29) is 6.04 Å². The van der Waals surface area contributed by atoms with Gasteiger partial charge in [0.1, 0.15) is 0 Å². The zero-order valence-corrected chi connectivity index (χ0v) is 7.53. The van der Waals surface area contributed by atoms with Gasteiger partial charge in [-0.2, -0.15) is 10.2 Å². The summed E-state index contributed by atoms with van der Waals surface area (Å²) in [6.07, 6.45) is 2.72. The highest BCUT2D eigenvalue weighted by atomic mass is 16.5. The molecular weight excluding hydrogens is 168 g/mol. The van der Waals surface area contributed by atoms with Crippen LogP contribution >= 0.6 is 0 Å². The molecule has 0 aromatic carbocycles. The van der Waals surface area contributed by atoms with Crippen molar-refractivity contribution in [1.29, 1.82) is 5.26 Å². The first kappa shape index (κ1) is 9.68. The third kappa shape index (κ3) is 3.22. The van der Waals surface area contributed by atoms with Crippen LogP contribution < -0.4 is 5.32 Å². The fraction of sp³-hybridized carbons (Fsp3) is 0.625. The molecule has 0 bridgehead atoms. The van der Waals surface area contributed by atoms with Crippen LogP contribution in [0, 0.1) is 11.3 Å². The second-order valence-corrected chi connectivity index (χ2v) is 2.70. The molecule has 13 heavy (non-hydrogen) atoms. The Hall–Kier alpha value is -1.41. The van der Waals surface area contributed by atoms with Crippen molar-refractivity contribution in [2.24, 2.45) is 0 Å². The minimum Gasteiger partial charge on any atom is -0.343 e. The molecule has 1 rings (SSSR count). The van der Waals surface area contributed by atoms with Crippen LogP contribution in [0.4, 0.5) is 0 Å². The highest BCUT2D eigenvalue weighted by Gasteiger charge is 2.05. The number of nitrogens with zero attached hydrogens (tertiary/aromatic N) is 3. The Balaban J connectivity index is 2.28. The van der Waals surface area contributed by atoms with Crippen molar-refractivity contribution < 1.29 is 4.52 Å². The van der Waals surface area contributed by atoms with E-state index in [1.54, 1.807) is 0 Å². The summed E-state index contributed by atoms with van der Waals surface area (Å²) in [5, 5.41) is 15.3. The summed E-state index contributed by atoms with van der Waals surface area (Å²) in [7, 11) is 0. The van der Waals surface area contributed by atoms with Crippen molar-refractivity contribution in [2.75, 3.05) is 0 Å². The third-order valence-corrected chi connectivity index (χ3v) is 1.79. The van der Waals surface area contributed by atoms with Gasteiger partial charge in [0.05, 0.1) is 19.0 Å². The normalized spacial score (nSPS) is 12.3. The van der Waals surface area contributed by atoms with Crippen molar-refractivity contribution in [1.82, 2.24) is 15.5 Å². The molecule has 1 aromatic rings. The van der Waals surface area contributed by atoms with Gasteiger partial charge in [-0.05, 0) is 6.42 Å². The van der Waals surface area contributed by atoms with E-state index in [1.165, 1.54) is 6.39 Å². The highest BCUT2D eigenvalue weighted by molar-refractivity contribution is 4.83. The topological polar surface area (TPSA) is 74.7 Å². The zero-order chi connectivity index (χ0) is 9.52. The van der Waals surface area contributed by atoms with Crippen LogP contribution in [0.1, 0.15) is 25.6 Å². The molecule has 5 nitrogen and oxygen atoms in total. The van der Waals surface area contributed by atoms with Gasteiger partial charge in [0, 0.05) is 6.04 Å². The van der Waals surface area contributed by atoms with Crippen molar-refractivity contribution >= 4 is 0 Å². The van der Waals surface area contributed by atoms with Crippen LogP contribution in [-0.4, -0.2) is 16.2 Å². The smallest absolute Gasteiger partial charge is 0.213 e. The molecule has 0 saturated carbocycles. The summed E-state index contributed by atoms with van der Waals surface area (Å²) in [6, 6.07) is 2.33. The number of hydrogen-bond acceptors (Lipinski definition) is 5. The average molecular weight is 180 g/mol. The van der Waals surface area contributed by atoms with E-state index in [2.05, 4.69) is 26.0 Å². The van der Waals surface area contributed by atoms with Crippen LogP contribution in [-0.2, 0) is 6.54 Å². The summed E-state index contributed by atoms with van der Waals surface area (Å²) in [5.74, 6) is 0.622. The fourth-order valence-corrected chi connectivity index (χ4v) is 0.977. The molecule has 0 aliphatic carbocycles. The van der Waals surface area contributed by atoms with E-state index in [4.69, 9.17) is 5.26 Å². The molecule has 1 aromatic heterocycles. The van der Waals surface area contributed by atoms with Crippen LogP contribution in [0.5, 0.6) is 0 Å². The molecule has 1 heterocycles. The lowest BCUT2D eigenvalue weighted by molar-refractivity contribution is 0.402. The van der Waals surface area contributed by atoms with E-state index in [9.17, 15) is 0 Å². The Morgan fingerprint density at radius 2 is 2.62 bits per heavy atom. The molecular formula is C8H12N4O. The first-order valence-corrected chi connectivity index (χ1v) is 4.22. The summed E-state index contributed by atoms with van der Waals surface area (Å²) in [6.45, 7) is 2.59. The van der Waals surface area contributed by atoms with Crippen LogP contribution in [0.25, 0.3) is 0 Å². The van der Waals surface area contributed by atoms with Gasteiger partial charge < -0.3 is 9.84 Å². The lowest BCUT2D eigenvalue weighted by atomic mass is 10.2. The van der Waals surface area contributed by atoms with Crippen LogP contribution in [0.3, 0.4) is 0 Å². The van der Waals surface area contributed by atoms with E-state index in [1.807, 2.05) is 6.92 Å². The molecule has 0 saturated heterocycles. The molecule has 70 valence electrons. The number of nitriles is 1. The van der Waals surface area contributed by atoms with E-state index < -0.39 is 0 Å². The van der Waals surface area contributed by atoms with Gasteiger partial charge >= 0.3 is 0 Å². The van der Waals surface area contributed by atoms with Gasteiger partial charge in [-0.1, -0.05) is 12.1 Å². The van der Waals surface area contributed by atoms with Gasteiger partial charge in [-0.15, -0.1) is 0 Å². The molecule has 1 atom stereocenters. The van der Waals surface area contributed by atoms with Gasteiger partial charge in [0.2, 0.25) is 6.39 Å². The minimum atomic E-state index is 0.212. The quantitative estimate of drug-likeness (QED) is 0.727. The first-order chi connectivity index (χ1) is 6.36. The Kier molecular flexibility index (Phi) is 3.93. The summed E-state index contributed by atoms with van der Waals surface area (Å²) in [5.41, 5.74) is 0. The second-order valence-electron chi connectivity index (χ2n) is 2.70. The van der Waals surface area contributed by atoms with Gasteiger partial charge in [-0.25, -0.2) is 0 Å². The van der Waals surface area contributed by atoms with Crippen LogP contribution in [0.2, 0.25) is 0 Å². The maximum absolute atomic E-state index is 8.49. The Morgan fingerprint density at radius 3 is 3.15 bits per heavy atom. The van der Waals surface area contributed by atoms with Crippen LogP contribution in [0.15, 0.2) is 10.9 Å². The molecule has 1 N–H and O–H groups in total. The Morgan fingerprint density at radius 1 is 1.77 bits per heavy atom. The van der Waals surface area contributed by atoms with Crippen molar-refractivity contribution in [2.45, 2.75) is 32.4 Å². The summed E-state index contributed by atoms with van der Waals surface area (Å²) >= 11 is 0. The van der Waals surface area contributed by atoms with E-state index >= 15 is 0 Å². The predicted octanol–water partition coefficient (Wildman–Crippen LogP) is 0.851. The van der Waals surface area contributed by atoms with Gasteiger partial charge in [-0.3, -0.25) is 0 Å².